The van der Waals surface area contributed by atoms with E-state index in [2.05, 4.69) is 10.1 Å². The van der Waals surface area contributed by atoms with Crippen LogP contribution in [0.5, 0.6) is 0 Å². The first-order chi connectivity index (χ1) is 14.6. The van der Waals surface area contributed by atoms with Crippen LogP contribution < -0.4 is 0 Å². The Hall–Kier alpha value is -2.91. The quantitative estimate of drug-likeness (QED) is 0.474. The lowest BCUT2D eigenvalue weighted by molar-refractivity contribution is -0.137. The van der Waals surface area contributed by atoms with Gasteiger partial charge < -0.3 is 4.74 Å². The van der Waals surface area contributed by atoms with E-state index in [0.717, 1.165) is 23.5 Å². The maximum atomic E-state index is 13.1. The number of amides is 1. The number of halogens is 4. The summed E-state index contributed by atoms with van der Waals surface area (Å²) in [6, 6.07) is 11.8. The summed E-state index contributed by atoms with van der Waals surface area (Å²) in [7, 11) is 0. The van der Waals surface area contributed by atoms with Crippen molar-refractivity contribution in [1.29, 1.82) is 0 Å². The molecule has 0 saturated carbocycles. The van der Waals surface area contributed by atoms with E-state index in [1.807, 2.05) is 0 Å². The van der Waals surface area contributed by atoms with E-state index in [-0.39, 0.29) is 11.8 Å². The maximum Gasteiger partial charge on any atom is 0.416 e. The minimum Gasteiger partial charge on any atom is -0.445 e. The Morgan fingerprint density at radius 2 is 1.90 bits per heavy atom. The molecule has 1 atom stereocenters. The Balaban J connectivity index is 1.68. The van der Waals surface area contributed by atoms with Gasteiger partial charge in [0, 0.05) is 23.1 Å². The molecule has 1 amide bonds. The number of hydrazone groups is 1. The van der Waals surface area contributed by atoms with Crippen molar-refractivity contribution >= 4 is 34.7 Å². The molecule has 1 aliphatic heterocycles. The summed E-state index contributed by atoms with van der Waals surface area (Å²) in [4.78, 5) is 17.0. The highest BCUT2D eigenvalue weighted by atomic mass is 35.5. The Morgan fingerprint density at radius 3 is 2.55 bits per heavy atom. The fourth-order valence-electron chi connectivity index (χ4n) is 3.05. The largest absolute Gasteiger partial charge is 0.445 e. The van der Waals surface area contributed by atoms with Crippen LogP contribution in [0.1, 0.15) is 34.8 Å². The predicted molar refractivity (Wildman–Crippen MR) is 112 cm³/mol. The second-order valence-corrected chi connectivity index (χ2v) is 8.24. The number of ether oxygens (including phenoxy) is 1. The molecule has 1 unspecified atom stereocenters. The summed E-state index contributed by atoms with van der Waals surface area (Å²) >= 11 is 7.09. The van der Waals surface area contributed by atoms with Gasteiger partial charge in [-0.05, 0) is 31.2 Å². The third-order valence-corrected chi connectivity index (χ3v) is 6.00. The molecule has 1 aliphatic rings. The molecule has 2 heterocycles. The fraction of sp³-hybridized carbons (Fsp3) is 0.190. The zero-order valence-electron chi connectivity index (χ0n) is 16.3. The zero-order chi connectivity index (χ0) is 22.3. The van der Waals surface area contributed by atoms with Gasteiger partial charge in [0.2, 0.25) is 12.1 Å². The molecule has 0 aliphatic carbocycles. The fourth-order valence-corrected chi connectivity index (χ4v) is 4.16. The Kier molecular flexibility index (Phi) is 5.49. The van der Waals surface area contributed by atoms with E-state index in [9.17, 15) is 18.0 Å². The highest BCUT2D eigenvalue weighted by Gasteiger charge is 2.35. The van der Waals surface area contributed by atoms with Crippen molar-refractivity contribution < 1.29 is 22.7 Å². The zero-order valence-corrected chi connectivity index (χ0v) is 17.8. The summed E-state index contributed by atoms with van der Waals surface area (Å²) in [5.74, 6) is -0.140. The maximum absolute atomic E-state index is 13.1. The summed E-state index contributed by atoms with van der Waals surface area (Å²) in [6.07, 6.45) is -5.22. The molecule has 0 fully saturated rings. The van der Waals surface area contributed by atoms with Crippen LogP contribution >= 0.6 is 22.9 Å². The van der Waals surface area contributed by atoms with Gasteiger partial charge in [-0.3, -0.25) is 4.79 Å². The number of aryl methyl sites for hydroxylation is 1. The van der Waals surface area contributed by atoms with Crippen LogP contribution in [0.4, 0.5) is 13.2 Å². The molecule has 4 rings (SSSR count). The summed E-state index contributed by atoms with van der Waals surface area (Å²) < 4.78 is 45.1. The molecule has 0 spiro atoms. The molecule has 2 aromatic carbocycles. The SMILES string of the molecule is CC(=O)N1N=C(c2sc(-c3cccc(C(F)(F)F)c3)nc2C)OC1c1ccc(Cl)cc1. The third-order valence-electron chi connectivity index (χ3n) is 4.55. The average Bonchev–Trinajstić information content (AvgIpc) is 3.32. The van der Waals surface area contributed by atoms with Gasteiger partial charge in [0.1, 0.15) is 9.88 Å². The number of rotatable bonds is 3. The van der Waals surface area contributed by atoms with Gasteiger partial charge >= 0.3 is 6.18 Å². The van der Waals surface area contributed by atoms with Crippen molar-refractivity contribution in [2.75, 3.05) is 0 Å². The van der Waals surface area contributed by atoms with Gasteiger partial charge in [-0.1, -0.05) is 35.9 Å². The molecular weight excluding hydrogens is 451 g/mol. The second-order valence-electron chi connectivity index (χ2n) is 6.80. The van der Waals surface area contributed by atoms with E-state index in [4.69, 9.17) is 16.3 Å². The number of aromatic nitrogens is 1. The van der Waals surface area contributed by atoms with Crippen LogP contribution in [-0.4, -0.2) is 21.8 Å². The number of nitrogens with zero attached hydrogens (tertiary/aromatic N) is 3. The van der Waals surface area contributed by atoms with Crippen molar-refractivity contribution in [2.24, 2.45) is 5.10 Å². The lowest BCUT2D eigenvalue weighted by Gasteiger charge is -2.19. The van der Waals surface area contributed by atoms with E-state index < -0.39 is 18.0 Å². The van der Waals surface area contributed by atoms with Crippen molar-refractivity contribution in [3.05, 3.63) is 75.3 Å². The molecule has 31 heavy (non-hydrogen) atoms. The van der Waals surface area contributed by atoms with Crippen LogP contribution in [0.3, 0.4) is 0 Å². The molecule has 1 aromatic heterocycles. The lowest BCUT2D eigenvalue weighted by Crippen LogP contribution is -2.25. The monoisotopic (exact) mass is 465 g/mol. The highest BCUT2D eigenvalue weighted by molar-refractivity contribution is 7.17. The molecule has 160 valence electrons. The van der Waals surface area contributed by atoms with Crippen LogP contribution in [0, 0.1) is 6.92 Å². The first-order valence-electron chi connectivity index (χ1n) is 9.09. The van der Waals surface area contributed by atoms with E-state index in [1.165, 1.54) is 18.0 Å². The highest BCUT2D eigenvalue weighted by Crippen LogP contribution is 2.37. The number of carbonyl (C=O) groups excluding carboxylic acids is 1. The van der Waals surface area contributed by atoms with Crippen LogP contribution in [0.15, 0.2) is 53.6 Å². The summed E-state index contributed by atoms with van der Waals surface area (Å²) in [5.41, 5.74) is 0.805. The van der Waals surface area contributed by atoms with Gasteiger partial charge in [0.15, 0.2) is 0 Å². The van der Waals surface area contributed by atoms with Crippen molar-refractivity contribution in [3.63, 3.8) is 0 Å². The van der Waals surface area contributed by atoms with Gasteiger partial charge in [-0.15, -0.1) is 16.4 Å². The number of alkyl halides is 3. The normalized spacial score (nSPS) is 16.3. The molecule has 3 aromatic rings. The predicted octanol–water partition coefficient (Wildman–Crippen LogP) is 6.03. The molecule has 0 radical (unpaired) electrons. The van der Waals surface area contributed by atoms with Crippen LogP contribution in [0.2, 0.25) is 5.02 Å². The smallest absolute Gasteiger partial charge is 0.416 e. The lowest BCUT2D eigenvalue weighted by atomic mass is 10.1. The van der Waals surface area contributed by atoms with E-state index >= 15 is 0 Å². The van der Waals surface area contributed by atoms with Gasteiger partial charge in [0.25, 0.3) is 5.90 Å². The van der Waals surface area contributed by atoms with Crippen molar-refractivity contribution in [3.8, 4) is 10.6 Å². The van der Waals surface area contributed by atoms with Crippen LogP contribution in [0.25, 0.3) is 10.6 Å². The first-order valence-corrected chi connectivity index (χ1v) is 10.3. The Morgan fingerprint density at radius 1 is 1.19 bits per heavy atom. The average molecular weight is 466 g/mol. The van der Waals surface area contributed by atoms with Gasteiger partial charge in [0.05, 0.1) is 11.3 Å². The molecule has 5 nitrogen and oxygen atoms in total. The van der Waals surface area contributed by atoms with Gasteiger partial charge in [-0.2, -0.15) is 18.2 Å². The van der Waals surface area contributed by atoms with Gasteiger partial charge in [-0.25, -0.2) is 4.98 Å². The van der Waals surface area contributed by atoms with E-state index in [1.54, 1.807) is 37.3 Å². The second kappa shape index (κ2) is 7.97. The number of hydrogen-bond acceptors (Lipinski definition) is 5. The molecule has 0 saturated heterocycles. The summed E-state index contributed by atoms with van der Waals surface area (Å²) in [5, 5.41) is 6.45. The van der Waals surface area contributed by atoms with E-state index in [0.29, 0.717) is 31.7 Å². The third kappa shape index (κ3) is 4.28. The standard InChI is InChI=1S/C21H15ClF3N3O2S/c1-11-17(31-19(26-11)14-4-3-5-15(10-14)21(23,24)25)18-27-28(12(2)29)20(30-18)13-6-8-16(22)9-7-13/h3-10,20H,1-2H3. The number of carbonyl (C=O) groups is 1. The van der Waals surface area contributed by atoms with Crippen molar-refractivity contribution in [1.82, 2.24) is 9.99 Å². The number of hydrogen-bond donors (Lipinski definition) is 0. The molecule has 10 heteroatoms. The number of thiazole rings is 1. The molecular formula is C21H15ClF3N3O2S. The van der Waals surface area contributed by atoms with Crippen molar-refractivity contribution in [2.45, 2.75) is 26.3 Å². The summed E-state index contributed by atoms with van der Waals surface area (Å²) in [6.45, 7) is 3.08. The minimum absolute atomic E-state index is 0.184. The van der Waals surface area contributed by atoms with Crippen LogP contribution in [-0.2, 0) is 15.7 Å². The minimum atomic E-state index is -4.45. The molecule has 0 N–H and O–H groups in total. The Labute approximate surface area is 184 Å². The molecule has 0 bridgehead atoms. The topological polar surface area (TPSA) is 54.8 Å². The first kappa shape index (κ1) is 21.3. The Bertz CT molecular complexity index is 1180. The number of benzene rings is 2.